The zero-order valence-corrected chi connectivity index (χ0v) is 17.1. The quantitative estimate of drug-likeness (QED) is 0.627. The molecule has 0 aliphatic carbocycles. The van der Waals surface area contributed by atoms with Crippen LogP contribution in [0.4, 0.5) is 0 Å². The highest BCUT2D eigenvalue weighted by molar-refractivity contribution is 6.32. The third-order valence-corrected chi connectivity index (χ3v) is 5.04. The van der Waals surface area contributed by atoms with Gasteiger partial charge in [-0.25, -0.2) is 4.79 Å². The van der Waals surface area contributed by atoms with Gasteiger partial charge in [-0.2, -0.15) is 0 Å². The normalized spacial score (nSPS) is 15.2. The molecule has 0 radical (unpaired) electrons. The molecule has 2 aromatic rings. The first-order valence-corrected chi connectivity index (χ1v) is 9.01. The van der Waals surface area contributed by atoms with Crippen molar-refractivity contribution in [1.29, 1.82) is 0 Å². The number of methoxy groups -OCH3 is 2. The third-order valence-electron chi connectivity index (χ3n) is 4.74. The standard InChI is InChI=1S/C21H21ClN2O4/c1-11-8-14(9-16-19(21(26)28-5)12(2)23-20(16)25)13(3)24(11)15-6-7-18(27-4)17(22)10-15/h6-10H,1-5H3,(H,23,25)/b16-9-. The second-order valence-electron chi connectivity index (χ2n) is 6.48. The van der Waals surface area contributed by atoms with E-state index in [0.717, 1.165) is 22.6 Å². The van der Waals surface area contributed by atoms with Gasteiger partial charge in [-0.15, -0.1) is 0 Å². The summed E-state index contributed by atoms with van der Waals surface area (Å²) in [7, 11) is 2.86. The summed E-state index contributed by atoms with van der Waals surface area (Å²) in [6.07, 6.45) is 1.71. The zero-order valence-electron chi connectivity index (χ0n) is 16.3. The van der Waals surface area contributed by atoms with E-state index in [-0.39, 0.29) is 17.1 Å². The number of rotatable bonds is 4. The van der Waals surface area contributed by atoms with Crippen molar-refractivity contribution in [1.82, 2.24) is 9.88 Å². The lowest BCUT2D eigenvalue weighted by atomic mass is 10.0. The largest absolute Gasteiger partial charge is 0.495 e. The first-order valence-electron chi connectivity index (χ1n) is 8.64. The van der Waals surface area contributed by atoms with Crippen LogP contribution in [0, 0.1) is 13.8 Å². The molecular formula is C21H21ClN2O4. The van der Waals surface area contributed by atoms with E-state index < -0.39 is 5.97 Å². The number of ether oxygens (including phenoxy) is 2. The number of aryl methyl sites for hydroxylation is 1. The average Bonchev–Trinajstić information content (AvgIpc) is 3.09. The summed E-state index contributed by atoms with van der Waals surface area (Å²) >= 11 is 6.27. The Morgan fingerprint density at radius 3 is 2.50 bits per heavy atom. The van der Waals surface area contributed by atoms with Crippen LogP contribution < -0.4 is 10.1 Å². The fourth-order valence-electron chi connectivity index (χ4n) is 3.40. The Labute approximate surface area is 168 Å². The minimum Gasteiger partial charge on any atom is -0.495 e. The topological polar surface area (TPSA) is 69.6 Å². The van der Waals surface area contributed by atoms with Crippen LogP contribution in [0.2, 0.25) is 5.02 Å². The van der Waals surface area contributed by atoms with Gasteiger partial charge >= 0.3 is 5.97 Å². The molecule has 6 nitrogen and oxygen atoms in total. The van der Waals surface area contributed by atoms with Crippen LogP contribution in [0.1, 0.15) is 23.9 Å². The predicted octanol–water partition coefficient (Wildman–Crippen LogP) is 3.72. The second-order valence-corrected chi connectivity index (χ2v) is 6.89. The van der Waals surface area contributed by atoms with Crippen molar-refractivity contribution in [3.63, 3.8) is 0 Å². The van der Waals surface area contributed by atoms with Gasteiger partial charge in [-0.3, -0.25) is 4.79 Å². The molecule has 1 aliphatic rings. The highest BCUT2D eigenvalue weighted by Crippen LogP contribution is 2.31. The van der Waals surface area contributed by atoms with Crippen LogP contribution in [-0.4, -0.2) is 30.7 Å². The molecule has 1 aliphatic heterocycles. The summed E-state index contributed by atoms with van der Waals surface area (Å²) in [5.41, 5.74) is 4.60. The second kappa shape index (κ2) is 7.56. The Hall–Kier alpha value is -2.99. The number of carbonyl (C=O) groups excluding carboxylic acids is 2. The van der Waals surface area contributed by atoms with E-state index in [4.69, 9.17) is 21.1 Å². The minimum atomic E-state index is -0.544. The molecule has 0 saturated heterocycles. The van der Waals surface area contributed by atoms with Gasteiger partial charge in [0, 0.05) is 22.8 Å². The maximum Gasteiger partial charge on any atom is 0.340 e. The van der Waals surface area contributed by atoms with Crippen LogP contribution in [-0.2, 0) is 14.3 Å². The predicted molar refractivity (Wildman–Crippen MR) is 108 cm³/mol. The fourth-order valence-corrected chi connectivity index (χ4v) is 3.65. The Bertz CT molecular complexity index is 1050. The number of hydrogen-bond acceptors (Lipinski definition) is 4. The van der Waals surface area contributed by atoms with E-state index in [1.165, 1.54) is 7.11 Å². The van der Waals surface area contributed by atoms with E-state index in [2.05, 4.69) is 5.32 Å². The van der Waals surface area contributed by atoms with Crippen molar-refractivity contribution < 1.29 is 19.1 Å². The maximum atomic E-state index is 12.3. The molecule has 0 fully saturated rings. The lowest BCUT2D eigenvalue weighted by Crippen LogP contribution is -2.15. The molecule has 3 rings (SSSR count). The molecule has 0 spiro atoms. The van der Waals surface area contributed by atoms with E-state index in [9.17, 15) is 9.59 Å². The van der Waals surface area contributed by atoms with E-state index in [1.807, 2.05) is 36.6 Å². The number of halogens is 1. The molecule has 0 saturated carbocycles. The molecule has 146 valence electrons. The van der Waals surface area contributed by atoms with Gasteiger partial charge in [0.05, 0.1) is 30.4 Å². The molecule has 0 atom stereocenters. The lowest BCUT2D eigenvalue weighted by molar-refractivity contribution is -0.136. The van der Waals surface area contributed by atoms with Gasteiger partial charge in [-0.05, 0) is 56.7 Å². The molecule has 2 heterocycles. The van der Waals surface area contributed by atoms with Crippen molar-refractivity contribution in [2.24, 2.45) is 0 Å². The van der Waals surface area contributed by atoms with E-state index >= 15 is 0 Å². The van der Waals surface area contributed by atoms with Crippen molar-refractivity contribution in [2.75, 3.05) is 14.2 Å². The zero-order chi connectivity index (χ0) is 20.6. The SMILES string of the molecule is COC(=O)C1=C(C)NC(=O)/C1=C\c1cc(C)n(-c2ccc(OC)c(Cl)c2)c1C. The van der Waals surface area contributed by atoms with Gasteiger partial charge in [0.25, 0.3) is 5.91 Å². The highest BCUT2D eigenvalue weighted by atomic mass is 35.5. The fraction of sp³-hybridized carbons (Fsp3) is 0.238. The average molecular weight is 401 g/mol. The summed E-state index contributed by atoms with van der Waals surface area (Å²) in [6, 6.07) is 7.49. The van der Waals surface area contributed by atoms with Gasteiger partial charge in [-0.1, -0.05) is 11.6 Å². The Morgan fingerprint density at radius 1 is 1.18 bits per heavy atom. The van der Waals surface area contributed by atoms with Crippen molar-refractivity contribution in [2.45, 2.75) is 20.8 Å². The van der Waals surface area contributed by atoms with Gasteiger partial charge in [0.15, 0.2) is 0 Å². The number of amides is 1. The number of aromatic nitrogens is 1. The number of nitrogens with one attached hydrogen (secondary N) is 1. The molecule has 7 heteroatoms. The van der Waals surface area contributed by atoms with Crippen molar-refractivity contribution in [3.05, 3.63) is 63.1 Å². The molecule has 28 heavy (non-hydrogen) atoms. The molecule has 1 amide bonds. The Balaban J connectivity index is 2.10. The van der Waals surface area contributed by atoms with Gasteiger partial charge < -0.3 is 19.4 Å². The number of benzene rings is 1. The smallest absolute Gasteiger partial charge is 0.340 e. The first-order chi connectivity index (χ1) is 13.3. The summed E-state index contributed by atoms with van der Waals surface area (Å²) in [5.74, 6) is -0.269. The minimum absolute atomic E-state index is 0.254. The summed E-state index contributed by atoms with van der Waals surface area (Å²) < 4.78 is 12.1. The molecule has 1 aromatic carbocycles. The molecule has 0 unspecified atom stereocenters. The molecule has 1 N–H and O–H groups in total. The first kappa shape index (κ1) is 19.8. The van der Waals surface area contributed by atoms with Gasteiger partial charge in [0.1, 0.15) is 5.75 Å². The van der Waals surface area contributed by atoms with Crippen LogP contribution in [0.5, 0.6) is 5.75 Å². The number of nitrogens with zero attached hydrogens (tertiary/aromatic N) is 1. The maximum absolute atomic E-state index is 12.3. The summed E-state index contributed by atoms with van der Waals surface area (Å²) in [5, 5.41) is 3.19. The Morgan fingerprint density at radius 2 is 1.89 bits per heavy atom. The van der Waals surface area contributed by atoms with Crippen LogP contribution in [0.25, 0.3) is 11.8 Å². The number of esters is 1. The third kappa shape index (κ3) is 3.31. The lowest BCUT2D eigenvalue weighted by Gasteiger charge is -2.12. The summed E-state index contributed by atoms with van der Waals surface area (Å²) in [4.78, 5) is 24.4. The van der Waals surface area contributed by atoms with E-state index in [1.54, 1.807) is 26.2 Å². The van der Waals surface area contributed by atoms with Crippen LogP contribution >= 0.6 is 11.6 Å². The number of hydrogen-bond donors (Lipinski definition) is 1. The molecule has 1 aromatic heterocycles. The van der Waals surface area contributed by atoms with Crippen LogP contribution in [0.3, 0.4) is 0 Å². The molecule has 0 bridgehead atoms. The summed E-state index contributed by atoms with van der Waals surface area (Å²) in [6.45, 7) is 5.58. The number of carbonyl (C=O) groups is 2. The van der Waals surface area contributed by atoms with Crippen molar-refractivity contribution in [3.8, 4) is 11.4 Å². The Kier molecular flexibility index (Phi) is 5.34. The highest BCUT2D eigenvalue weighted by Gasteiger charge is 2.31. The monoisotopic (exact) mass is 400 g/mol. The van der Waals surface area contributed by atoms with Gasteiger partial charge in [0.2, 0.25) is 0 Å². The molecular weight excluding hydrogens is 380 g/mol. The van der Waals surface area contributed by atoms with Crippen molar-refractivity contribution >= 4 is 29.6 Å². The van der Waals surface area contributed by atoms with E-state index in [0.29, 0.717) is 16.5 Å². The van der Waals surface area contributed by atoms with Crippen LogP contribution in [0.15, 0.2) is 41.1 Å². The number of allylic oxidation sites excluding steroid dienone is 1.